The Hall–Kier alpha value is -2.96. The summed E-state index contributed by atoms with van der Waals surface area (Å²) in [4.78, 5) is 41.2. The summed E-state index contributed by atoms with van der Waals surface area (Å²) in [6.07, 6.45) is 9.67. The number of nitrogens with zero attached hydrogens (tertiary/aromatic N) is 5. The highest BCUT2D eigenvalue weighted by molar-refractivity contribution is 5.94. The maximum Gasteiger partial charge on any atom is 0.253 e. The first-order valence-corrected chi connectivity index (χ1v) is 11.8. The van der Waals surface area contributed by atoms with E-state index < -0.39 is 0 Å². The number of piperidine rings is 2. The molecule has 0 spiro atoms. The van der Waals surface area contributed by atoms with Crippen molar-refractivity contribution in [2.24, 2.45) is 5.92 Å². The zero-order valence-corrected chi connectivity index (χ0v) is 18.9. The zero-order chi connectivity index (χ0) is 22.3. The summed E-state index contributed by atoms with van der Waals surface area (Å²) in [6.45, 7) is 5.91. The van der Waals surface area contributed by atoms with Crippen LogP contribution < -0.4 is 4.90 Å². The quantitative estimate of drug-likeness (QED) is 0.697. The molecule has 0 aliphatic carbocycles. The minimum atomic E-state index is -0.0127. The van der Waals surface area contributed by atoms with Crippen LogP contribution >= 0.6 is 0 Å². The van der Waals surface area contributed by atoms with Crippen LogP contribution in [-0.4, -0.2) is 70.3 Å². The average molecular weight is 436 g/mol. The highest BCUT2D eigenvalue weighted by Crippen LogP contribution is 2.26. The van der Waals surface area contributed by atoms with E-state index >= 15 is 0 Å². The minimum absolute atomic E-state index is 0.0127. The molecule has 7 heteroatoms. The molecule has 3 heterocycles. The van der Waals surface area contributed by atoms with E-state index in [-0.39, 0.29) is 23.8 Å². The van der Waals surface area contributed by atoms with E-state index in [1.165, 1.54) is 0 Å². The first kappa shape index (κ1) is 22.2. The Bertz CT molecular complexity index is 884. The lowest BCUT2D eigenvalue weighted by Gasteiger charge is -2.41. The second-order valence-electron chi connectivity index (χ2n) is 8.77. The Balaban J connectivity index is 1.38. The molecule has 2 aromatic rings. The molecule has 7 nitrogen and oxygen atoms in total. The number of hydrogen-bond acceptors (Lipinski definition) is 5. The maximum atomic E-state index is 13.6. The van der Waals surface area contributed by atoms with Crippen LogP contribution in [0.15, 0.2) is 48.9 Å². The van der Waals surface area contributed by atoms with E-state index in [9.17, 15) is 9.59 Å². The van der Waals surface area contributed by atoms with Gasteiger partial charge in [0.1, 0.15) is 5.82 Å². The highest BCUT2D eigenvalue weighted by atomic mass is 16.2. The van der Waals surface area contributed by atoms with E-state index in [1.54, 1.807) is 18.6 Å². The number of hydrogen-bond donors (Lipinski definition) is 0. The number of carbonyl (C=O) groups excluding carboxylic acids is 2. The van der Waals surface area contributed by atoms with Crippen LogP contribution in [-0.2, 0) is 4.79 Å². The molecular formula is C25H33N5O2. The molecule has 0 radical (unpaired) electrons. The monoisotopic (exact) mass is 435 g/mol. The van der Waals surface area contributed by atoms with Crippen LogP contribution in [0.4, 0.5) is 5.82 Å². The van der Waals surface area contributed by atoms with Gasteiger partial charge in [-0.3, -0.25) is 14.6 Å². The summed E-state index contributed by atoms with van der Waals surface area (Å²) in [5, 5.41) is 0. The number of amides is 2. The molecule has 1 unspecified atom stereocenters. The van der Waals surface area contributed by atoms with Crippen LogP contribution in [0, 0.1) is 5.92 Å². The fourth-order valence-corrected chi connectivity index (χ4v) is 4.93. The highest BCUT2D eigenvalue weighted by Gasteiger charge is 2.35. The number of carbonyl (C=O) groups is 2. The number of likely N-dealkylation sites (tertiary alicyclic amines) is 1. The third-order valence-electron chi connectivity index (χ3n) is 6.60. The Morgan fingerprint density at radius 3 is 2.53 bits per heavy atom. The van der Waals surface area contributed by atoms with Crippen molar-refractivity contribution in [3.63, 3.8) is 0 Å². The van der Waals surface area contributed by atoms with Gasteiger partial charge in [0, 0.05) is 56.7 Å². The molecule has 1 aromatic carbocycles. The normalized spacial score (nSPS) is 19.6. The number of rotatable bonds is 6. The maximum absolute atomic E-state index is 13.6. The van der Waals surface area contributed by atoms with Gasteiger partial charge in [-0.25, -0.2) is 4.98 Å². The van der Waals surface area contributed by atoms with Gasteiger partial charge in [-0.1, -0.05) is 25.1 Å². The van der Waals surface area contributed by atoms with Gasteiger partial charge >= 0.3 is 0 Å². The molecular weight excluding hydrogens is 402 g/mol. The zero-order valence-electron chi connectivity index (χ0n) is 18.9. The largest absolute Gasteiger partial charge is 0.355 e. The van der Waals surface area contributed by atoms with Crippen LogP contribution in [0.1, 0.15) is 49.4 Å². The van der Waals surface area contributed by atoms with Crippen molar-refractivity contribution in [1.82, 2.24) is 19.8 Å². The summed E-state index contributed by atoms with van der Waals surface area (Å²) in [5.74, 6) is 1.18. The lowest BCUT2D eigenvalue weighted by Crippen LogP contribution is -2.52. The molecule has 2 aliphatic rings. The van der Waals surface area contributed by atoms with Gasteiger partial charge in [0.05, 0.1) is 12.1 Å². The standard InChI is InChI=1S/C25H33N5O2/c1-2-14-30(22-10-16-28(17-11-22)24(31)20-7-4-3-5-8-20)25(32)21-9-6-15-29(19-21)23-18-26-12-13-27-23/h3-5,7-8,12-13,18,21-22H,2,6,9-11,14-17,19H2,1H3. The Labute approximate surface area is 190 Å². The summed E-state index contributed by atoms with van der Waals surface area (Å²) in [5.41, 5.74) is 0.735. The van der Waals surface area contributed by atoms with Gasteiger partial charge in [0.2, 0.25) is 5.91 Å². The van der Waals surface area contributed by atoms with Crippen LogP contribution in [0.25, 0.3) is 0 Å². The first-order chi connectivity index (χ1) is 15.7. The number of aromatic nitrogens is 2. The molecule has 32 heavy (non-hydrogen) atoms. The third kappa shape index (κ3) is 5.09. The molecule has 0 saturated carbocycles. The molecule has 2 fully saturated rings. The summed E-state index contributed by atoms with van der Waals surface area (Å²) < 4.78 is 0. The van der Waals surface area contributed by atoms with E-state index in [0.29, 0.717) is 19.6 Å². The van der Waals surface area contributed by atoms with Gasteiger partial charge in [-0.15, -0.1) is 0 Å². The number of benzene rings is 1. The lowest BCUT2D eigenvalue weighted by molar-refractivity contribution is -0.139. The third-order valence-corrected chi connectivity index (χ3v) is 6.60. The van der Waals surface area contributed by atoms with Crippen molar-refractivity contribution in [3.05, 3.63) is 54.5 Å². The molecule has 0 bridgehead atoms. The van der Waals surface area contributed by atoms with Gasteiger partial charge in [0.25, 0.3) is 5.91 Å². The fraction of sp³-hybridized carbons (Fsp3) is 0.520. The summed E-state index contributed by atoms with van der Waals surface area (Å²) >= 11 is 0. The van der Waals surface area contributed by atoms with Crippen molar-refractivity contribution in [2.45, 2.75) is 45.1 Å². The second kappa shape index (κ2) is 10.6. The van der Waals surface area contributed by atoms with Crippen molar-refractivity contribution in [2.75, 3.05) is 37.6 Å². The fourth-order valence-electron chi connectivity index (χ4n) is 4.93. The van der Waals surface area contributed by atoms with E-state index in [0.717, 1.165) is 56.6 Å². The molecule has 1 atom stereocenters. The molecule has 1 aromatic heterocycles. The van der Waals surface area contributed by atoms with Crippen molar-refractivity contribution in [3.8, 4) is 0 Å². The Kier molecular flexibility index (Phi) is 7.35. The molecule has 2 aliphatic heterocycles. The predicted octanol–water partition coefficient (Wildman–Crippen LogP) is 3.24. The minimum Gasteiger partial charge on any atom is -0.355 e. The van der Waals surface area contributed by atoms with E-state index in [4.69, 9.17) is 0 Å². The molecule has 170 valence electrons. The smallest absolute Gasteiger partial charge is 0.253 e. The van der Waals surface area contributed by atoms with Crippen molar-refractivity contribution >= 4 is 17.6 Å². The molecule has 2 saturated heterocycles. The second-order valence-corrected chi connectivity index (χ2v) is 8.77. The number of anilines is 1. The van der Waals surface area contributed by atoms with Gasteiger partial charge in [-0.05, 0) is 44.2 Å². The van der Waals surface area contributed by atoms with Gasteiger partial charge < -0.3 is 14.7 Å². The molecule has 4 rings (SSSR count). The van der Waals surface area contributed by atoms with Crippen molar-refractivity contribution in [1.29, 1.82) is 0 Å². The lowest BCUT2D eigenvalue weighted by atomic mass is 9.94. The van der Waals surface area contributed by atoms with Crippen molar-refractivity contribution < 1.29 is 9.59 Å². The van der Waals surface area contributed by atoms with E-state index in [2.05, 4.69) is 26.7 Å². The Morgan fingerprint density at radius 1 is 1.06 bits per heavy atom. The van der Waals surface area contributed by atoms with Crippen LogP contribution in [0.3, 0.4) is 0 Å². The first-order valence-electron chi connectivity index (χ1n) is 11.8. The summed E-state index contributed by atoms with van der Waals surface area (Å²) in [7, 11) is 0. The SMILES string of the molecule is CCCN(C(=O)C1CCCN(c2cnccn2)C1)C1CCN(C(=O)c2ccccc2)CC1. The average Bonchev–Trinajstić information content (AvgIpc) is 2.88. The Morgan fingerprint density at radius 2 is 1.84 bits per heavy atom. The van der Waals surface area contributed by atoms with Crippen LogP contribution in [0.5, 0.6) is 0 Å². The summed E-state index contributed by atoms with van der Waals surface area (Å²) in [6, 6.07) is 9.66. The van der Waals surface area contributed by atoms with Gasteiger partial charge in [-0.2, -0.15) is 0 Å². The molecule has 2 amide bonds. The predicted molar refractivity (Wildman–Crippen MR) is 124 cm³/mol. The topological polar surface area (TPSA) is 69.6 Å². The molecule has 0 N–H and O–H groups in total. The van der Waals surface area contributed by atoms with Crippen LogP contribution in [0.2, 0.25) is 0 Å². The van der Waals surface area contributed by atoms with E-state index in [1.807, 2.05) is 35.2 Å². The van der Waals surface area contributed by atoms with Gasteiger partial charge in [0.15, 0.2) is 0 Å².